The highest BCUT2D eigenvalue weighted by atomic mass is 16.5. The molecule has 2 aromatic carbocycles. The van der Waals surface area contributed by atoms with Gasteiger partial charge in [0.2, 0.25) is 5.91 Å². The van der Waals surface area contributed by atoms with Gasteiger partial charge in [-0.3, -0.25) is 9.59 Å². The van der Waals surface area contributed by atoms with Crippen LogP contribution in [-0.2, 0) is 10.2 Å². The number of aryl methyl sites for hydroxylation is 1. The first kappa shape index (κ1) is 22.5. The van der Waals surface area contributed by atoms with Gasteiger partial charge in [0.05, 0.1) is 12.8 Å². The lowest BCUT2D eigenvalue weighted by atomic mass is 9.86. The molecule has 0 saturated heterocycles. The van der Waals surface area contributed by atoms with Crippen LogP contribution in [0.2, 0.25) is 0 Å². The number of hydrogen-bond acceptors (Lipinski definition) is 3. The molecule has 0 fully saturated rings. The predicted octanol–water partition coefficient (Wildman–Crippen LogP) is 4.69. The average Bonchev–Trinajstić information content (AvgIpc) is 2.65. The fourth-order valence-corrected chi connectivity index (χ4v) is 3.01. The van der Waals surface area contributed by atoms with Gasteiger partial charge in [-0.25, -0.2) is 0 Å². The lowest BCUT2D eigenvalue weighted by Gasteiger charge is -2.23. The van der Waals surface area contributed by atoms with Gasteiger partial charge in [0.1, 0.15) is 11.8 Å². The molecule has 5 heteroatoms. The SMILES string of the molecule is COc1ccc(C)cc1NC(=O)C(NC(=O)c1ccc(C(C)(C)C)cc1)C(C)C. The van der Waals surface area contributed by atoms with E-state index in [-0.39, 0.29) is 23.1 Å². The minimum atomic E-state index is -0.671. The van der Waals surface area contributed by atoms with Crippen LogP contribution < -0.4 is 15.4 Å². The number of ether oxygens (including phenoxy) is 1. The van der Waals surface area contributed by atoms with E-state index in [1.165, 1.54) is 0 Å². The Morgan fingerprint density at radius 3 is 2.14 bits per heavy atom. The third-order valence-electron chi connectivity index (χ3n) is 4.86. The summed E-state index contributed by atoms with van der Waals surface area (Å²) in [7, 11) is 1.56. The highest BCUT2D eigenvalue weighted by Gasteiger charge is 2.26. The fraction of sp³-hybridized carbons (Fsp3) is 0.417. The standard InChI is InChI=1S/C24H32N2O3/c1-15(2)21(23(28)25-19-14-16(3)8-13-20(19)29-7)26-22(27)17-9-11-18(12-10-17)24(4,5)6/h8-15,21H,1-7H3,(H,25,28)(H,26,27). The van der Waals surface area contributed by atoms with Crippen LogP contribution >= 0.6 is 0 Å². The molecule has 0 radical (unpaired) electrons. The van der Waals surface area contributed by atoms with Gasteiger partial charge in [0, 0.05) is 5.56 Å². The number of rotatable bonds is 6. The van der Waals surface area contributed by atoms with Crippen LogP contribution in [-0.4, -0.2) is 25.0 Å². The van der Waals surface area contributed by atoms with Crippen LogP contribution in [0.4, 0.5) is 5.69 Å². The summed E-state index contributed by atoms with van der Waals surface area (Å²) >= 11 is 0. The van der Waals surface area contributed by atoms with E-state index in [2.05, 4.69) is 31.4 Å². The number of anilines is 1. The van der Waals surface area contributed by atoms with Crippen molar-refractivity contribution in [3.63, 3.8) is 0 Å². The number of methoxy groups -OCH3 is 1. The Balaban J connectivity index is 2.16. The Morgan fingerprint density at radius 2 is 1.62 bits per heavy atom. The van der Waals surface area contributed by atoms with Crippen LogP contribution in [0.5, 0.6) is 5.75 Å². The minimum absolute atomic E-state index is 0.0161. The van der Waals surface area contributed by atoms with Gasteiger partial charge in [0.15, 0.2) is 0 Å². The molecule has 2 N–H and O–H groups in total. The van der Waals surface area contributed by atoms with Crippen molar-refractivity contribution in [2.24, 2.45) is 5.92 Å². The van der Waals surface area contributed by atoms with E-state index in [1.807, 2.05) is 51.1 Å². The van der Waals surface area contributed by atoms with Gasteiger partial charge in [-0.15, -0.1) is 0 Å². The molecule has 1 unspecified atom stereocenters. The number of amides is 2. The van der Waals surface area contributed by atoms with Gasteiger partial charge < -0.3 is 15.4 Å². The molecule has 2 amide bonds. The van der Waals surface area contributed by atoms with Crippen molar-refractivity contribution < 1.29 is 14.3 Å². The molecule has 2 aromatic rings. The van der Waals surface area contributed by atoms with Crippen molar-refractivity contribution in [3.8, 4) is 5.75 Å². The first-order chi connectivity index (χ1) is 13.5. The Morgan fingerprint density at radius 1 is 1.00 bits per heavy atom. The maximum Gasteiger partial charge on any atom is 0.251 e. The summed E-state index contributed by atoms with van der Waals surface area (Å²) in [6.07, 6.45) is 0. The molecule has 156 valence electrons. The first-order valence-electron chi connectivity index (χ1n) is 9.90. The third kappa shape index (κ3) is 5.83. The third-order valence-corrected chi connectivity index (χ3v) is 4.86. The molecule has 2 rings (SSSR count). The van der Waals surface area contributed by atoms with Gasteiger partial charge in [-0.2, -0.15) is 0 Å². The summed E-state index contributed by atoms with van der Waals surface area (Å²) in [5.41, 5.74) is 3.29. The second-order valence-electron chi connectivity index (χ2n) is 8.72. The van der Waals surface area contributed by atoms with Crippen molar-refractivity contribution >= 4 is 17.5 Å². The number of carbonyl (C=O) groups is 2. The Hall–Kier alpha value is -2.82. The number of hydrogen-bond donors (Lipinski definition) is 2. The molecule has 0 bridgehead atoms. The second kappa shape index (κ2) is 9.12. The van der Waals surface area contributed by atoms with Crippen LogP contribution in [0, 0.1) is 12.8 Å². The summed E-state index contributed by atoms with van der Waals surface area (Å²) in [6.45, 7) is 12.1. The van der Waals surface area contributed by atoms with Crippen LogP contribution in [0.15, 0.2) is 42.5 Å². The summed E-state index contributed by atoms with van der Waals surface area (Å²) in [6, 6.07) is 12.4. The van der Waals surface area contributed by atoms with Crippen LogP contribution in [0.3, 0.4) is 0 Å². The minimum Gasteiger partial charge on any atom is -0.495 e. The molecule has 0 aliphatic rings. The lowest BCUT2D eigenvalue weighted by Crippen LogP contribution is -2.47. The molecule has 0 aliphatic heterocycles. The molecule has 0 aliphatic carbocycles. The number of nitrogens with one attached hydrogen (secondary N) is 2. The first-order valence-corrected chi connectivity index (χ1v) is 9.90. The Labute approximate surface area is 173 Å². The zero-order valence-electron chi connectivity index (χ0n) is 18.4. The summed E-state index contributed by atoms with van der Waals surface area (Å²) in [4.78, 5) is 25.6. The summed E-state index contributed by atoms with van der Waals surface area (Å²) < 4.78 is 5.33. The van der Waals surface area contributed by atoms with Crippen LogP contribution in [0.1, 0.15) is 56.1 Å². The topological polar surface area (TPSA) is 67.4 Å². The van der Waals surface area contributed by atoms with Gasteiger partial charge in [0.25, 0.3) is 5.91 Å². The van der Waals surface area contributed by atoms with E-state index >= 15 is 0 Å². The van der Waals surface area contributed by atoms with E-state index in [4.69, 9.17) is 4.74 Å². The van der Waals surface area contributed by atoms with E-state index in [0.717, 1.165) is 11.1 Å². The molecule has 0 heterocycles. The molecular weight excluding hydrogens is 364 g/mol. The number of carbonyl (C=O) groups excluding carboxylic acids is 2. The summed E-state index contributed by atoms with van der Waals surface area (Å²) in [5.74, 6) is -0.0433. The van der Waals surface area contributed by atoms with Crippen molar-refractivity contribution in [3.05, 3.63) is 59.2 Å². The predicted molar refractivity (Wildman–Crippen MR) is 118 cm³/mol. The zero-order valence-corrected chi connectivity index (χ0v) is 18.4. The van der Waals surface area contributed by atoms with Crippen molar-refractivity contribution in [1.29, 1.82) is 0 Å². The quantitative estimate of drug-likeness (QED) is 0.744. The second-order valence-corrected chi connectivity index (χ2v) is 8.72. The smallest absolute Gasteiger partial charge is 0.251 e. The average molecular weight is 397 g/mol. The maximum absolute atomic E-state index is 12.9. The largest absolute Gasteiger partial charge is 0.495 e. The molecule has 5 nitrogen and oxygen atoms in total. The van der Waals surface area contributed by atoms with E-state index in [0.29, 0.717) is 17.0 Å². The van der Waals surface area contributed by atoms with E-state index < -0.39 is 6.04 Å². The lowest BCUT2D eigenvalue weighted by molar-refractivity contribution is -0.118. The Bertz CT molecular complexity index is 865. The van der Waals surface area contributed by atoms with Crippen LogP contribution in [0.25, 0.3) is 0 Å². The maximum atomic E-state index is 12.9. The Kier molecular flexibility index (Phi) is 7.07. The van der Waals surface area contributed by atoms with Crippen molar-refractivity contribution in [2.45, 2.75) is 53.0 Å². The normalized spacial score (nSPS) is 12.4. The molecule has 0 saturated carbocycles. The fourth-order valence-electron chi connectivity index (χ4n) is 3.01. The summed E-state index contributed by atoms with van der Waals surface area (Å²) in [5, 5.41) is 5.76. The highest BCUT2D eigenvalue weighted by Crippen LogP contribution is 2.26. The molecular formula is C24H32N2O3. The highest BCUT2D eigenvalue weighted by molar-refractivity contribution is 6.01. The zero-order chi connectivity index (χ0) is 21.8. The monoisotopic (exact) mass is 396 g/mol. The van der Waals surface area contributed by atoms with E-state index in [1.54, 1.807) is 19.2 Å². The molecule has 29 heavy (non-hydrogen) atoms. The van der Waals surface area contributed by atoms with Gasteiger partial charge in [-0.1, -0.05) is 52.8 Å². The van der Waals surface area contributed by atoms with Gasteiger partial charge >= 0.3 is 0 Å². The molecule has 1 atom stereocenters. The van der Waals surface area contributed by atoms with E-state index in [9.17, 15) is 9.59 Å². The van der Waals surface area contributed by atoms with Crippen molar-refractivity contribution in [2.75, 3.05) is 12.4 Å². The molecule has 0 spiro atoms. The van der Waals surface area contributed by atoms with Crippen molar-refractivity contribution in [1.82, 2.24) is 5.32 Å². The molecule has 0 aromatic heterocycles. The number of benzene rings is 2. The van der Waals surface area contributed by atoms with Gasteiger partial charge in [-0.05, 0) is 53.6 Å².